The molecule has 0 bridgehead atoms. The zero-order valence-electron chi connectivity index (χ0n) is 11.7. The van der Waals surface area contributed by atoms with E-state index < -0.39 is 18.0 Å². The van der Waals surface area contributed by atoms with Crippen molar-refractivity contribution in [3.8, 4) is 0 Å². The number of aliphatic carboxylic acids is 1. The van der Waals surface area contributed by atoms with Crippen molar-refractivity contribution in [2.75, 3.05) is 6.54 Å². The van der Waals surface area contributed by atoms with Gasteiger partial charge in [0.2, 0.25) is 0 Å². The third-order valence-electron chi connectivity index (χ3n) is 3.69. The van der Waals surface area contributed by atoms with Crippen molar-refractivity contribution >= 4 is 12.0 Å². The number of carboxylic acids is 1. The molecule has 1 aliphatic carbocycles. The smallest absolute Gasteiger partial charge is 0.326 e. The lowest BCUT2D eigenvalue weighted by Crippen LogP contribution is -2.49. The molecule has 2 rings (SSSR count). The van der Waals surface area contributed by atoms with E-state index in [1.54, 1.807) is 13.8 Å². The summed E-state index contributed by atoms with van der Waals surface area (Å²) >= 11 is 0. The molecule has 2 amide bonds. The number of carboxylic acid groups (broad SMARTS) is 1. The molecule has 0 aromatic heterocycles. The Kier molecular flexibility index (Phi) is 4.27. The molecule has 2 atom stereocenters. The van der Waals surface area contributed by atoms with Crippen molar-refractivity contribution in [3.05, 3.63) is 35.4 Å². The molecule has 1 aromatic carbocycles. The molecule has 0 saturated heterocycles. The number of carbonyl (C=O) groups is 2. The van der Waals surface area contributed by atoms with Crippen LogP contribution >= 0.6 is 0 Å². The van der Waals surface area contributed by atoms with Crippen LogP contribution in [0.4, 0.5) is 4.79 Å². The molecule has 0 radical (unpaired) electrons. The van der Waals surface area contributed by atoms with Gasteiger partial charge in [0.25, 0.3) is 0 Å². The van der Waals surface area contributed by atoms with Crippen molar-refractivity contribution in [3.63, 3.8) is 0 Å². The average Bonchev–Trinajstić information content (AvgIpc) is 2.36. The van der Waals surface area contributed by atoms with Crippen molar-refractivity contribution in [1.29, 1.82) is 0 Å². The minimum atomic E-state index is -1.01. The zero-order chi connectivity index (χ0) is 14.7. The summed E-state index contributed by atoms with van der Waals surface area (Å²) in [6.45, 7) is 4.07. The molecule has 0 aliphatic heterocycles. The number of benzene rings is 1. The van der Waals surface area contributed by atoms with Gasteiger partial charge in [-0.1, -0.05) is 38.1 Å². The number of amides is 2. The normalized spacial score (nSPS) is 17.9. The number of fused-ring (bicyclic) bond motifs is 1. The van der Waals surface area contributed by atoms with E-state index in [9.17, 15) is 9.59 Å². The second kappa shape index (κ2) is 5.94. The van der Waals surface area contributed by atoms with Gasteiger partial charge in [0.1, 0.15) is 6.04 Å². The third-order valence-corrected chi connectivity index (χ3v) is 3.69. The molecule has 2 unspecified atom stereocenters. The first-order valence-corrected chi connectivity index (χ1v) is 6.84. The number of rotatable bonds is 5. The SMILES string of the molecule is CC(C)C(NC(=O)NCC1Cc2ccccc21)C(=O)O. The molecule has 5 heteroatoms. The van der Waals surface area contributed by atoms with Gasteiger partial charge in [0.15, 0.2) is 0 Å². The highest BCUT2D eigenvalue weighted by Crippen LogP contribution is 2.33. The standard InChI is InChI=1S/C15H20N2O3/c1-9(2)13(14(18)19)17-15(20)16-8-11-7-10-5-3-4-6-12(10)11/h3-6,9,11,13H,7-8H2,1-2H3,(H,18,19)(H2,16,17,20). The maximum absolute atomic E-state index is 11.7. The molecule has 3 N–H and O–H groups in total. The van der Waals surface area contributed by atoms with Crippen LogP contribution in [-0.2, 0) is 11.2 Å². The lowest BCUT2D eigenvalue weighted by atomic mass is 9.78. The fourth-order valence-electron chi connectivity index (χ4n) is 2.47. The van der Waals surface area contributed by atoms with Gasteiger partial charge in [0, 0.05) is 12.5 Å². The zero-order valence-corrected chi connectivity index (χ0v) is 11.7. The largest absolute Gasteiger partial charge is 0.480 e. The number of carbonyl (C=O) groups excluding carboxylic acids is 1. The maximum Gasteiger partial charge on any atom is 0.326 e. The van der Waals surface area contributed by atoms with Gasteiger partial charge in [-0.05, 0) is 23.5 Å². The fraction of sp³-hybridized carbons (Fsp3) is 0.467. The molecule has 1 aliphatic rings. The lowest BCUT2D eigenvalue weighted by Gasteiger charge is -2.30. The van der Waals surface area contributed by atoms with Crippen molar-refractivity contribution in [1.82, 2.24) is 10.6 Å². The second-order valence-corrected chi connectivity index (χ2v) is 5.51. The number of urea groups is 1. The van der Waals surface area contributed by atoms with Crippen molar-refractivity contribution in [2.24, 2.45) is 5.92 Å². The van der Waals surface area contributed by atoms with Crippen LogP contribution in [0.5, 0.6) is 0 Å². The first-order chi connectivity index (χ1) is 9.49. The number of hydrogen-bond donors (Lipinski definition) is 3. The second-order valence-electron chi connectivity index (χ2n) is 5.51. The number of hydrogen-bond acceptors (Lipinski definition) is 2. The summed E-state index contributed by atoms with van der Waals surface area (Å²) in [6, 6.07) is 6.88. The summed E-state index contributed by atoms with van der Waals surface area (Å²) in [5.74, 6) is -0.828. The van der Waals surface area contributed by atoms with Crippen LogP contribution in [0.1, 0.15) is 30.9 Å². The van der Waals surface area contributed by atoms with E-state index in [4.69, 9.17) is 5.11 Å². The predicted molar refractivity (Wildman–Crippen MR) is 75.7 cm³/mol. The van der Waals surface area contributed by atoms with E-state index in [1.807, 2.05) is 12.1 Å². The van der Waals surface area contributed by atoms with E-state index in [0.29, 0.717) is 12.5 Å². The molecular weight excluding hydrogens is 256 g/mol. The van der Waals surface area contributed by atoms with Crippen LogP contribution in [0.25, 0.3) is 0 Å². The van der Waals surface area contributed by atoms with E-state index in [1.165, 1.54) is 11.1 Å². The van der Waals surface area contributed by atoms with Gasteiger partial charge in [-0.25, -0.2) is 9.59 Å². The maximum atomic E-state index is 11.7. The summed E-state index contributed by atoms with van der Waals surface area (Å²) in [6.07, 6.45) is 0.961. The van der Waals surface area contributed by atoms with E-state index in [-0.39, 0.29) is 5.92 Å². The highest BCUT2D eigenvalue weighted by atomic mass is 16.4. The topological polar surface area (TPSA) is 78.4 Å². The Hall–Kier alpha value is -2.04. The molecular formula is C15H20N2O3. The Labute approximate surface area is 118 Å². The Bertz CT molecular complexity index is 514. The van der Waals surface area contributed by atoms with Gasteiger partial charge in [-0.2, -0.15) is 0 Å². The first kappa shape index (κ1) is 14.4. The highest BCUT2D eigenvalue weighted by Gasteiger charge is 2.27. The first-order valence-electron chi connectivity index (χ1n) is 6.84. The minimum absolute atomic E-state index is 0.150. The highest BCUT2D eigenvalue weighted by molar-refractivity contribution is 5.82. The summed E-state index contributed by atoms with van der Waals surface area (Å²) in [5.41, 5.74) is 2.59. The molecule has 0 spiro atoms. The van der Waals surface area contributed by atoms with Crippen LogP contribution in [-0.4, -0.2) is 29.7 Å². The van der Waals surface area contributed by atoms with Gasteiger partial charge >= 0.3 is 12.0 Å². The Morgan fingerprint density at radius 1 is 1.35 bits per heavy atom. The molecule has 1 aromatic rings. The summed E-state index contributed by atoms with van der Waals surface area (Å²) in [7, 11) is 0. The quantitative estimate of drug-likeness (QED) is 0.766. The van der Waals surface area contributed by atoms with Crippen LogP contribution in [0.2, 0.25) is 0 Å². The summed E-state index contributed by atoms with van der Waals surface area (Å²) in [5, 5.41) is 14.3. The molecule has 0 fully saturated rings. The fourth-order valence-corrected chi connectivity index (χ4v) is 2.47. The Morgan fingerprint density at radius 3 is 2.65 bits per heavy atom. The van der Waals surface area contributed by atoms with Gasteiger partial charge in [0.05, 0.1) is 0 Å². The van der Waals surface area contributed by atoms with Gasteiger partial charge in [-0.3, -0.25) is 0 Å². The van der Waals surface area contributed by atoms with E-state index in [0.717, 1.165) is 6.42 Å². The monoisotopic (exact) mass is 276 g/mol. The van der Waals surface area contributed by atoms with Crippen LogP contribution in [0.15, 0.2) is 24.3 Å². The summed E-state index contributed by atoms with van der Waals surface area (Å²) in [4.78, 5) is 22.7. The predicted octanol–water partition coefficient (Wildman–Crippen LogP) is 1.73. The van der Waals surface area contributed by atoms with E-state index >= 15 is 0 Å². The minimum Gasteiger partial charge on any atom is -0.480 e. The van der Waals surface area contributed by atoms with E-state index in [2.05, 4.69) is 22.8 Å². The van der Waals surface area contributed by atoms with Crippen LogP contribution in [0.3, 0.4) is 0 Å². The molecule has 5 nitrogen and oxygen atoms in total. The third kappa shape index (κ3) is 3.10. The van der Waals surface area contributed by atoms with Gasteiger partial charge < -0.3 is 15.7 Å². The average molecular weight is 276 g/mol. The summed E-state index contributed by atoms with van der Waals surface area (Å²) < 4.78 is 0. The van der Waals surface area contributed by atoms with Crippen LogP contribution < -0.4 is 10.6 Å². The Balaban J connectivity index is 1.81. The van der Waals surface area contributed by atoms with Crippen LogP contribution in [0, 0.1) is 5.92 Å². The molecule has 0 saturated carbocycles. The Morgan fingerprint density at radius 2 is 2.05 bits per heavy atom. The van der Waals surface area contributed by atoms with Gasteiger partial charge in [-0.15, -0.1) is 0 Å². The molecule has 108 valence electrons. The number of nitrogens with one attached hydrogen (secondary N) is 2. The molecule has 20 heavy (non-hydrogen) atoms. The molecule has 0 heterocycles. The lowest BCUT2D eigenvalue weighted by molar-refractivity contribution is -0.140. The van der Waals surface area contributed by atoms with Crippen molar-refractivity contribution < 1.29 is 14.7 Å². The van der Waals surface area contributed by atoms with Crippen molar-refractivity contribution in [2.45, 2.75) is 32.2 Å².